The summed E-state index contributed by atoms with van der Waals surface area (Å²) in [5.41, 5.74) is 0.749. The van der Waals surface area contributed by atoms with Crippen molar-refractivity contribution in [1.82, 2.24) is 14.2 Å². The van der Waals surface area contributed by atoms with Crippen LogP contribution in [-0.2, 0) is 22.7 Å². The largest absolute Gasteiger partial charge is 0.482 e. The molecule has 2 aliphatic heterocycles. The Bertz CT molecular complexity index is 1090. The molecule has 0 aliphatic carbocycles. The number of rotatable bonds is 6. The number of nitrogens with zero attached hydrogens (tertiary/aromatic N) is 3. The number of aromatic nitrogens is 1. The first-order valence-electron chi connectivity index (χ1n) is 10.2. The molecule has 2 aliphatic rings. The van der Waals surface area contributed by atoms with Crippen LogP contribution in [0.5, 0.6) is 5.75 Å². The van der Waals surface area contributed by atoms with Crippen molar-refractivity contribution in [2.24, 2.45) is 0 Å². The zero-order chi connectivity index (χ0) is 24.0. The van der Waals surface area contributed by atoms with Gasteiger partial charge in [0.25, 0.3) is 0 Å². The molecule has 0 unspecified atom stereocenters. The van der Waals surface area contributed by atoms with Crippen molar-refractivity contribution in [2.45, 2.75) is 37.6 Å². The van der Waals surface area contributed by atoms with E-state index in [1.807, 2.05) is 0 Å². The Morgan fingerprint density at radius 3 is 2.27 bits per heavy atom. The third-order valence-corrected chi connectivity index (χ3v) is 8.04. The summed E-state index contributed by atoms with van der Waals surface area (Å²) in [6.07, 6.45) is -2.89. The molecule has 6 nitrogen and oxygen atoms in total. The summed E-state index contributed by atoms with van der Waals surface area (Å²) in [6, 6.07) is 2.45. The van der Waals surface area contributed by atoms with Crippen molar-refractivity contribution < 1.29 is 35.1 Å². The maximum Gasteiger partial charge on any atom is 0.443 e. The van der Waals surface area contributed by atoms with E-state index in [-0.39, 0.29) is 18.2 Å². The summed E-state index contributed by atoms with van der Waals surface area (Å²) < 4.78 is 97.2. The van der Waals surface area contributed by atoms with Gasteiger partial charge in [0.2, 0.25) is 10.0 Å². The SMILES string of the molecule is CS(=O)(=O)N1CCC(c2cc(F)c(OC3CN(Cc4csc(C(F)(F)F)n4)C3)c(F)c2)CC1. The number of piperidine rings is 1. The molecule has 13 heteroatoms. The maximum atomic E-state index is 14.6. The van der Waals surface area contributed by atoms with Gasteiger partial charge in [-0.2, -0.15) is 13.2 Å². The van der Waals surface area contributed by atoms with Crippen LogP contribution < -0.4 is 4.74 Å². The molecule has 4 rings (SSSR count). The summed E-state index contributed by atoms with van der Waals surface area (Å²) >= 11 is 0.529. The van der Waals surface area contributed by atoms with Crippen LogP contribution in [0.25, 0.3) is 0 Å². The third-order valence-electron chi connectivity index (χ3n) is 5.80. The van der Waals surface area contributed by atoms with Crippen LogP contribution in [0.4, 0.5) is 22.0 Å². The minimum Gasteiger partial charge on any atom is -0.482 e. The maximum absolute atomic E-state index is 14.6. The van der Waals surface area contributed by atoms with E-state index in [4.69, 9.17) is 4.74 Å². The molecule has 1 aromatic carbocycles. The van der Waals surface area contributed by atoms with Crippen molar-refractivity contribution in [1.29, 1.82) is 0 Å². The average molecular weight is 512 g/mol. The number of ether oxygens (including phenoxy) is 1. The van der Waals surface area contributed by atoms with E-state index in [0.717, 1.165) is 6.26 Å². The zero-order valence-corrected chi connectivity index (χ0v) is 19.2. The number of hydrogen-bond acceptors (Lipinski definition) is 6. The van der Waals surface area contributed by atoms with Crippen molar-refractivity contribution >= 4 is 21.4 Å². The van der Waals surface area contributed by atoms with Crippen LogP contribution in [0.2, 0.25) is 0 Å². The molecule has 3 heterocycles. The van der Waals surface area contributed by atoms with Crippen LogP contribution in [0, 0.1) is 11.6 Å². The molecule has 2 fully saturated rings. The molecule has 33 heavy (non-hydrogen) atoms. The number of halogens is 5. The van der Waals surface area contributed by atoms with Gasteiger partial charge < -0.3 is 4.74 Å². The van der Waals surface area contributed by atoms with Crippen LogP contribution in [-0.4, -0.2) is 61.1 Å². The Balaban J connectivity index is 1.31. The van der Waals surface area contributed by atoms with Gasteiger partial charge in [-0.25, -0.2) is 26.5 Å². The Morgan fingerprint density at radius 2 is 1.76 bits per heavy atom. The topological polar surface area (TPSA) is 62.7 Å². The second-order valence-electron chi connectivity index (χ2n) is 8.33. The van der Waals surface area contributed by atoms with Gasteiger partial charge in [-0.15, -0.1) is 11.3 Å². The molecule has 1 aromatic heterocycles. The second kappa shape index (κ2) is 9.08. The van der Waals surface area contributed by atoms with Gasteiger partial charge in [0.15, 0.2) is 22.4 Å². The average Bonchev–Trinajstić information content (AvgIpc) is 3.17. The first kappa shape index (κ1) is 24.3. The smallest absolute Gasteiger partial charge is 0.443 e. The first-order valence-corrected chi connectivity index (χ1v) is 13.0. The standard InChI is InChI=1S/C20H22F5N3O3S2/c1-33(29,30)28-4-2-12(3-5-28)13-6-16(21)18(17(22)7-13)31-15-9-27(10-15)8-14-11-32-19(26-14)20(23,24)25/h6-7,11-12,15H,2-5,8-10H2,1H3. The number of benzene rings is 1. The van der Waals surface area contributed by atoms with E-state index in [1.54, 1.807) is 4.90 Å². The van der Waals surface area contributed by atoms with E-state index in [9.17, 15) is 30.4 Å². The highest BCUT2D eigenvalue weighted by atomic mass is 32.2. The Labute approximate surface area is 192 Å². The van der Waals surface area contributed by atoms with Gasteiger partial charge in [0, 0.05) is 38.1 Å². The second-order valence-corrected chi connectivity index (χ2v) is 11.2. The highest BCUT2D eigenvalue weighted by Crippen LogP contribution is 2.35. The normalized spacial score (nSPS) is 19.6. The summed E-state index contributed by atoms with van der Waals surface area (Å²) in [7, 11) is -3.29. The zero-order valence-electron chi connectivity index (χ0n) is 17.6. The van der Waals surface area contributed by atoms with Crippen molar-refractivity contribution in [2.75, 3.05) is 32.4 Å². The predicted molar refractivity (Wildman–Crippen MR) is 112 cm³/mol. The lowest BCUT2D eigenvalue weighted by Gasteiger charge is -2.38. The molecular weight excluding hydrogens is 489 g/mol. The van der Waals surface area contributed by atoms with Crippen molar-refractivity contribution in [3.05, 3.63) is 45.4 Å². The number of hydrogen-bond donors (Lipinski definition) is 0. The molecular formula is C20H22F5N3O3S2. The number of sulfonamides is 1. The van der Waals surface area contributed by atoms with Crippen LogP contribution in [0.15, 0.2) is 17.5 Å². The van der Waals surface area contributed by atoms with E-state index < -0.39 is 44.7 Å². The van der Waals surface area contributed by atoms with Crippen LogP contribution in [0.3, 0.4) is 0 Å². The Morgan fingerprint density at radius 1 is 1.15 bits per heavy atom. The molecule has 2 aromatic rings. The van der Waals surface area contributed by atoms with Gasteiger partial charge in [-0.3, -0.25) is 4.90 Å². The van der Waals surface area contributed by atoms with Crippen molar-refractivity contribution in [3.8, 4) is 5.75 Å². The third kappa shape index (κ3) is 5.64. The summed E-state index contributed by atoms with van der Waals surface area (Å²) in [4.78, 5) is 5.34. The molecule has 0 N–H and O–H groups in total. The molecule has 182 valence electrons. The molecule has 0 amide bonds. The van der Waals surface area contributed by atoms with Gasteiger partial charge in [-0.05, 0) is 36.5 Å². The quantitative estimate of drug-likeness (QED) is 0.552. The Hall–Kier alpha value is -1.83. The lowest BCUT2D eigenvalue weighted by molar-refractivity contribution is -0.137. The number of alkyl halides is 3. The van der Waals surface area contributed by atoms with Crippen molar-refractivity contribution in [3.63, 3.8) is 0 Å². The summed E-state index contributed by atoms with van der Waals surface area (Å²) in [5.74, 6) is -2.29. The number of likely N-dealkylation sites (tertiary alicyclic amines) is 1. The fourth-order valence-electron chi connectivity index (χ4n) is 4.08. The van der Waals surface area contributed by atoms with Gasteiger partial charge in [0.05, 0.1) is 11.9 Å². The molecule has 0 spiro atoms. The van der Waals surface area contributed by atoms with E-state index in [1.165, 1.54) is 21.8 Å². The lowest BCUT2D eigenvalue weighted by Crippen LogP contribution is -2.53. The fraction of sp³-hybridized carbons (Fsp3) is 0.550. The minimum absolute atomic E-state index is 0.153. The highest BCUT2D eigenvalue weighted by Gasteiger charge is 2.36. The van der Waals surface area contributed by atoms with E-state index in [0.29, 0.717) is 55.9 Å². The minimum atomic E-state index is -4.48. The van der Waals surface area contributed by atoms with Gasteiger partial charge >= 0.3 is 6.18 Å². The molecule has 0 atom stereocenters. The van der Waals surface area contributed by atoms with Crippen LogP contribution in [0.1, 0.15) is 35.0 Å². The fourth-order valence-corrected chi connectivity index (χ4v) is 5.63. The molecule has 2 saturated heterocycles. The first-order chi connectivity index (χ1) is 15.4. The summed E-state index contributed by atoms with van der Waals surface area (Å²) in [5, 5.41) is 0.437. The molecule has 0 bridgehead atoms. The predicted octanol–water partition coefficient (Wildman–Crippen LogP) is 3.84. The summed E-state index contributed by atoms with van der Waals surface area (Å²) in [6.45, 7) is 1.41. The van der Waals surface area contributed by atoms with Gasteiger partial charge in [0.1, 0.15) is 6.10 Å². The van der Waals surface area contributed by atoms with Gasteiger partial charge in [-0.1, -0.05) is 0 Å². The Kier molecular flexibility index (Phi) is 6.69. The monoisotopic (exact) mass is 511 g/mol. The molecule has 0 saturated carbocycles. The lowest BCUT2D eigenvalue weighted by atomic mass is 9.90. The van der Waals surface area contributed by atoms with E-state index in [2.05, 4.69) is 4.98 Å². The number of thiazole rings is 1. The van der Waals surface area contributed by atoms with Crippen LogP contribution >= 0.6 is 11.3 Å². The van der Waals surface area contributed by atoms with E-state index >= 15 is 0 Å². The molecule has 0 radical (unpaired) electrons. The highest BCUT2D eigenvalue weighted by molar-refractivity contribution is 7.88.